The number of morpholine rings is 1. The van der Waals surface area contributed by atoms with Crippen molar-refractivity contribution < 1.29 is 9.53 Å². The summed E-state index contributed by atoms with van der Waals surface area (Å²) in [6.45, 7) is 5.08. The van der Waals surface area contributed by atoms with Crippen molar-refractivity contribution in [1.82, 2.24) is 9.88 Å². The summed E-state index contributed by atoms with van der Waals surface area (Å²) in [6.07, 6.45) is 2.44. The summed E-state index contributed by atoms with van der Waals surface area (Å²) in [4.78, 5) is 20.3. The number of thiazole rings is 1. The quantitative estimate of drug-likeness (QED) is 0.796. The van der Waals surface area contributed by atoms with Crippen LogP contribution in [0.5, 0.6) is 0 Å². The molecule has 1 aromatic heterocycles. The molecule has 0 amide bonds. The molecule has 1 aliphatic rings. The third-order valence-electron chi connectivity index (χ3n) is 3.89. The van der Waals surface area contributed by atoms with E-state index in [4.69, 9.17) is 4.74 Å². The minimum Gasteiger partial charge on any atom is -0.378 e. The molecule has 0 spiro atoms. The van der Waals surface area contributed by atoms with Gasteiger partial charge in [0.05, 0.1) is 18.2 Å². The summed E-state index contributed by atoms with van der Waals surface area (Å²) < 4.78 is 5.59. The number of ether oxygens (including phenoxy) is 1. The van der Waals surface area contributed by atoms with E-state index in [9.17, 15) is 4.79 Å². The Morgan fingerprint density at radius 2 is 2.23 bits per heavy atom. The second-order valence-corrected chi connectivity index (χ2v) is 6.86. The minimum atomic E-state index is 0.142. The molecule has 0 unspecified atom stereocenters. The normalized spacial score (nSPS) is 19.2. The molecular formula is C17H20N2O2S. The van der Waals surface area contributed by atoms with Crippen LogP contribution in [0.1, 0.15) is 26.7 Å². The van der Waals surface area contributed by atoms with Gasteiger partial charge in [0.25, 0.3) is 0 Å². The monoisotopic (exact) mass is 316 g/mol. The van der Waals surface area contributed by atoms with Gasteiger partial charge in [-0.15, -0.1) is 11.3 Å². The van der Waals surface area contributed by atoms with Gasteiger partial charge in [0, 0.05) is 42.2 Å². The highest BCUT2D eigenvalue weighted by Crippen LogP contribution is 2.20. The Kier molecular flexibility index (Phi) is 4.97. The van der Waals surface area contributed by atoms with E-state index in [-0.39, 0.29) is 11.8 Å². The van der Waals surface area contributed by atoms with Crippen molar-refractivity contribution in [1.29, 1.82) is 0 Å². The van der Waals surface area contributed by atoms with Gasteiger partial charge in [0.1, 0.15) is 0 Å². The predicted molar refractivity (Wildman–Crippen MR) is 87.3 cm³/mol. The number of hydrogen-bond acceptors (Lipinski definition) is 5. The molecule has 0 radical (unpaired) electrons. The maximum absolute atomic E-state index is 12.4. The number of aromatic nitrogens is 1. The molecule has 116 valence electrons. The maximum Gasteiger partial charge on any atom is 0.164 e. The van der Waals surface area contributed by atoms with E-state index in [1.54, 1.807) is 11.3 Å². The van der Waals surface area contributed by atoms with E-state index in [0.29, 0.717) is 13.0 Å². The summed E-state index contributed by atoms with van der Waals surface area (Å²) in [5.41, 5.74) is 0.779. The van der Waals surface area contributed by atoms with Crippen molar-refractivity contribution in [2.24, 2.45) is 0 Å². The van der Waals surface area contributed by atoms with Gasteiger partial charge in [0.15, 0.2) is 5.78 Å². The van der Waals surface area contributed by atoms with Crippen LogP contribution in [0.4, 0.5) is 0 Å². The molecular weight excluding hydrogens is 296 g/mol. The first-order valence-electron chi connectivity index (χ1n) is 7.54. The van der Waals surface area contributed by atoms with Crippen molar-refractivity contribution >= 4 is 17.1 Å². The lowest BCUT2D eigenvalue weighted by molar-refractivity contribution is -0.0121. The van der Waals surface area contributed by atoms with E-state index < -0.39 is 0 Å². The van der Waals surface area contributed by atoms with Crippen molar-refractivity contribution in [3.63, 3.8) is 0 Å². The van der Waals surface area contributed by atoms with Gasteiger partial charge in [-0.25, -0.2) is 4.98 Å². The molecule has 3 rings (SSSR count). The number of ketones is 1. The predicted octanol–water partition coefficient (Wildman–Crippen LogP) is 2.93. The van der Waals surface area contributed by atoms with E-state index >= 15 is 0 Å². The van der Waals surface area contributed by atoms with Crippen LogP contribution in [-0.4, -0.2) is 41.5 Å². The lowest BCUT2D eigenvalue weighted by Gasteiger charge is -2.34. The standard InChI is InChI=1S/C17H20N2O2S/c1-13-18-10-16(22-13)11-19-7-8-21-12-15(19)9-17(20)14-5-3-2-4-6-14/h2-6,10,15H,7-9,11-12H2,1H3/t15-/m1/s1. The van der Waals surface area contributed by atoms with Gasteiger partial charge in [-0.1, -0.05) is 30.3 Å². The molecule has 1 aliphatic heterocycles. The number of rotatable bonds is 5. The van der Waals surface area contributed by atoms with E-state index in [0.717, 1.165) is 30.3 Å². The third kappa shape index (κ3) is 3.80. The number of benzene rings is 1. The highest BCUT2D eigenvalue weighted by Gasteiger charge is 2.26. The Morgan fingerprint density at radius 1 is 1.41 bits per heavy atom. The van der Waals surface area contributed by atoms with E-state index in [1.165, 1.54) is 4.88 Å². The number of Topliss-reactive ketones (excluding diaryl/α,β-unsaturated/α-hetero) is 1. The third-order valence-corrected chi connectivity index (χ3v) is 4.79. The Hall–Kier alpha value is -1.56. The van der Waals surface area contributed by atoms with Crippen LogP contribution in [0.3, 0.4) is 0 Å². The largest absolute Gasteiger partial charge is 0.378 e. The fourth-order valence-corrected chi connectivity index (χ4v) is 3.54. The first-order valence-corrected chi connectivity index (χ1v) is 8.35. The van der Waals surface area contributed by atoms with E-state index in [2.05, 4.69) is 9.88 Å². The zero-order valence-electron chi connectivity index (χ0n) is 12.7. The number of aryl methyl sites for hydroxylation is 1. The maximum atomic E-state index is 12.4. The van der Waals surface area contributed by atoms with Crippen LogP contribution in [-0.2, 0) is 11.3 Å². The fourth-order valence-electron chi connectivity index (χ4n) is 2.72. The van der Waals surface area contributed by atoms with Crippen LogP contribution < -0.4 is 0 Å². The number of carbonyl (C=O) groups excluding carboxylic acids is 1. The molecule has 4 nitrogen and oxygen atoms in total. The summed E-state index contributed by atoms with van der Waals surface area (Å²) in [5.74, 6) is 0.182. The van der Waals surface area contributed by atoms with Crippen molar-refractivity contribution in [2.75, 3.05) is 19.8 Å². The van der Waals surface area contributed by atoms with Crippen LogP contribution in [0.15, 0.2) is 36.5 Å². The number of carbonyl (C=O) groups is 1. The Bertz CT molecular complexity index is 627. The molecule has 1 saturated heterocycles. The average molecular weight is 316 g/mol. The summed E-state index contributed by atoms with van der Waals surface area (Å²) in [5, 5.41) is 1.08. The van der Waals surface area contributed by atoms with Gasteiger partial charge in [-0.3, -0.25) is 9.69 Å². The molecule has 2 heterocycles. The first-order chi connectivity index (χ1) is 10.7. The van der Waals surface area contributed by atoms with Gasteiger partial charge in [-0.05, 0) is 6.92 Å². The zero-order chi connectivity index (χ0) is 15.4. The molecule has 5 heteroatoms. The van der Waals surface area contributed by atoms with Gasteiger partial charge < -0.3 is 4.74 Å². The average Bonchev–Trinajstić information content (AvgIpc) is 2.95. The molecule has 0 N–H and O–H groups in total. The molecule has 2 aromatic rings. The zero-order valence-corrected chi connectivity index (χ0v) is 13.5. The van der Waals surface area contributed by atoms with Crippen molar-refractivity contribution in [3.05, 3.63) is 52.0 Å². The smallest absolute Gasteiger partial charge is 0.164 e. The molecule has 0 bridgehead atoms. The topological polar surface area (TPSA) is 42.4 Å². The van der Waals surface area contributed by atoms with Crippen LogP contribution in [0.2, 0.25) is 0 Å². The van der Waals surface area contributed by atoms with Crippen molar-refractivity contribution in [3.8, 4) is 0 Å². The second kappa shape index (κ2) is 7.13. The van der Waals surface area contributed by atoms with Gasteiger partial charge in [0.2, 0.25) is 0 Å². The lowest BCUT2D eigenvalue weighted by atomic mass is 10.0. The highest BCUT2D eigenvalue weighted by atomic mass is 32.1. The minimum absolute atomic E-state index is 0.142. The van der Waals surface area contributed by atoms with Crippen LogP contribution >= 0.6 is 11.3 Å². The van der Waals surface area contributed by atoms with E-state index in [1.807, 2.05) is 43.5 Å². The Labute approximate surface area is 134 Å². The fraction of sp³-hybridized carbons (Fsp3) is 0.412. The summed E-state index contributed by atoms with van der Waals surface area (Å²) >= 11 is 1.72. The molecule has 1 fully saturated rings. The molecule has 0 saturated carbocycles. The van der Waals surface area contributed by atoms with Crippen LogP contribution in [0, 0.1) is 6.92 Å². The first kappa shape index (κ1) is 15.3. The number of nitrogens with zero attached hydrogens (tertiary/aromatic N) is 2. The summed E-state index contributed by atoms with van der Waals surface area (Å²) in [7, 11) is 0. The summed E-state index contributed by atoms with van der Waals surface area (Å²) in [6, 6.07) is 9.64. The highest BCUT2D eigenvalue weighted by molar-refractivity contribution is 7.11. The molecule has 1 aromatic carbocycles. The van der Waals surface area contributed by atoms with Gasteiger partial charge >= 0.3 is 0 Å². The van der Waals surface area contributed by atoms with Crippen molar-refractivity contribution in [2.45, 2.75) is 25.9 Å². The van der Waals surface area contributed by atoms with Crippen LogP contribution in [0.25, 0.3) is 0 Å². The number of hydrogen-bond donors (Lipinski definition) is 0. The Morgan fingerprint density at radius 3 is 2.95 bits per heavy atom. The molecule has 0 aliphatic carbocycles. The second-order valence-electron chi connectivity index (χ2n) is 5.54. The molecule has 1 atom stereocenters. The lowest BCUT2D eigenvalue weighted by Crippen LogP contribution is -2.45. The Balaban J connectivity index is 1.66. The molecule has 22 heavy (non-hydrogen) atoms. The van der Waals surface area contributed by atoms with Gasteiger partial charge in [-0.2, -0.15) is 0 Å². The SMILES string of the molecule is Cc1ncc(CN2CCOC[C@H]2CC(=O)c2ccccc2)s1.